The van der Waals surface area contributed by atoms with Crippen molar-refractivity contribution in [3.63, 3.8) is 0 Å². The summed E-state index contributed by atoms with van der Waals surface area (Å²) in [5, 5.41) is 2.88. The molecule has 38 heavy (non-hydrogen) atoms. The molecule has 1 aliphatic carbocycles. The summed E-state index contributed by atoms with van der Waals surface area (Å²) < 4.78 is 18.2. The largest absolute Gasteiger partial charge is 0.492 e. The van der Waals surface area contributed by atoms with E-state index in [-0.39, 0.29) is 24.6 Å². The Bertz CT molecular complexity index is 1400. The Kier molecular flexibility index (Phi) is 6.80. The highest BCUT2D eigenvalue weighted by atomic mass is 16.7. The molecule has 0 radical (unpaired) electrons. The van der Waals surface area contributed by atoms with Crippen LogP contribution in [0.2, 0.25) is 0 Å². The molecule has 1 aliphatic heterocycles. The fourth-order valence-corrected chi connectivity index (χ4v) is 4.96. The molecule has 0 bridgehead atoms. The van der Waals surface area contributed by atoms with E-state index in [4.69, 9.17) is 14.0 Å². The van der Waals surface area contributed by atoms with Gasteiger partial charge >= 0.3 is 13.2 Å². The van der Waals surface area contributed by atoms with Gasteiger partial charge in [-0.2, -0.15) is 0 Å². The number of ether oxygens (including phenoxy) is 1. The molecule has 2 aliphatic rings. The predicted octanol–water partition coefficient (Wildman–Crippen LogP) is 5.24. The zero-order valence-electron chi connectivity index (χ0n) is 22.5. The molecule has 8 heteroatoms. The second-order valence-electron chi connectivity index (χ2n) is 10.9. The zero-order valence-corrected chi connectivity index (χ0v) is 22.5. The van der Waals surface area contributed by atoms with Crippen LogP contribution in [-0.2, 0) is 14.0 Å². The number of pyridine rings is 1. The fourth-order valence-electron chi connectivity index (χ4n) is 4.96. The molecule has 0 unspecified atom stereocenters. The van der Waals surface area contributed by atoms with Crippen LogP contribution in [-0.4, -0.2) is 42.5 Å². The zero-order chi connectivity index (χ0) is 27.1. The molecule has 7 nitrogen and oxygen atoms in total. The molecule has 2 heterocycles. The number of benzene rings is 2. The third kappa shape index (κ3) is 4.94. The summed E-state index contributed by atoms with van der Waals surface area (Å²) in [5.74, 6) is -0.0185. The summed E-state index contributed by atoms with van der Waals surface area (Å²) in [6, 6.07) is 18.0. The van der Waals surface area contributed by atoms with Gasteiger partial charge in [-0.3, -0.25) is 4.79 Å². The maximum Gasteiger partial charge on any atom is 0.492 e. The Morgan fingerprint density at radius 1 is 1.03 bits per heavy atom. The molecule has 5 rings (SSSR count). The molecule has 0 atom stereocenters. The second-order valence-corrected chi connectivity index (χ2v) is 10.9. The number of aryl methyl sites for hydroxylation is 1. The van der Waals surface area contributed by atoms with Crippen molar-refractivity contribution in [2.45, 2.75) is 51.7 Å². The van der Waals surface area contributed by atoms with Crippen molar-refractivity contribution in [2.24, 2.45) is 0 Å². The van der Waals surface area contributed by atoms with Crippen molar-refractivity contribution in [2.75, 3.05) is 13.2 Å². The molecule has 1 amide bonds. The summed E-state index contributed by atoms with van der Waals surface area (Å²) in [6.45, 7) is 10.2. The lowest BCUT2D eigenvalue weighted by Gasteiger charge is -2.32. The number of amides is 1. The van der Waals surface area contributed by atoms with Gasteiger partial charge in [0, 0.05) is 24.7 Å². The van der Waals surface area contributed by atoms with Crippen LogP contribution >= 0.6 is 0 Å². The number of hydrogen-bond donors (Lipinski definition) is 2. The Hall–Kier alpha value is -3.62. The number of fused-ring (bicyclic) bond motifs is 3. The SMILES string of the molecule is Cc1cc(=O)[nH]cc1C=C(CNC(=O)OCC1c2ccccc2-c2ccccc21)B1OC(C)(C)C(C)(C)O1. The van der Waals surface area contributed by atoms with Crippen LogP contribution in [0.1, 0.15) is 55.9 Å². The normalized spacial score (nSPS) is 17.7. The van der Waals surface area contributed by atoms with E-state index in [0.717, 1.165) is 22.3 Å². The molecule has 2 aromatic carbocycles. The van der Waals surface area contributed by atoms with Crippen LogP contribution in [0.15, 0.2) is 71.1 Å². The number of aromatic nitrogens is 1. The first-order valence-corrected chi connectivity index (χ1v) is 12.9. The summed E-state index contributed by atoms with van der Waals surface area (Å²) in [4.78, 5) is 27.3. The van der Waals surface area contributed by atoms with Gasteiger partial charge in [-0.25, -0.2) is 4.79 Å². The lowest BCUT2D eigenvalue weighted by atomic mass is 9.77. The van der Waals surface area contributed by atoms with Crippen molar-refractivity contribution >= 4 is 19.3 Å². The number of carbonyl (C=O) groups is 1. The first-order valence-electron chi connectivity index (χ1n) is 12.9. The summed E-state index contributed by atoms with van der Waals surface area (Å²) in [7, 11) is -0.666. The summed E-state index contributed by atoms with van der Waals surface area (Å²) in [5.41, 5.74) is 5.76. The van der Waals surface area contributed by atoms with Crippen LogP contribution in [0.3, 0.4) is 0 Å². The minimum absolute atomic E-state index is 0.0185. The van der Waals surface area contributed by atoms with Gasteiger partial charge in [-0.15, -0.1) is 0 Å². The Morgan fingerprint density at radius 2 is 1.61 bits per heavy atom. The number of hydrogen-bond acceptors (Lipinski definition) is 5. The minimum Gasteiger partial charge on any atom is -0.449 e. The van der Waals surface area contributed by atoms with Crippen molar-refractivity contribution in [1.82, 2.24) is 10.3 Å². The van der Waals surface area contributed by atoms with E-state index in [1.165, 1.54) is 17.2 Å². The fraction of sp³-hybridized carbons (Fsp3) is 0.333. The highest BCUT2D eigenvalue weighted by Gasteiger charge is 2.52. The molecule has 1 saturated heterocycles. The van der Waals surface area contributed by atoms with Gasteiger partial charge in [0.25, 0.3) is 0 Å². The van der Waals surface area contributed by atoms with E-state index < -0.39 is 24.4 Å². The van der Waals surface area contributed by atoms with E-state index in [1.54, 1.807) is 6.20 Å². The lowest BCUT2D eigenvalue weighted by molar-refractivity contribution is 0.00578. The van der Waals surface area contributed by atoms with E-state index in [0.29, 0.717) is 5.47 Å². The van der Waals surface area contributed by atoms with Crippen molar-refractivity contribution in [1.29, 1.82) is 0 Å². The van der Waals surface area contributed by atoms with Crippen molar-refractivity contribution < 1.29 is 18.8 Å². The maximum absolute atomic E-state index is 12.9. The number of nitrogens with one attached hydrogen (secondary N) is 2. The second kappa shape index (κ2) is 9.93. The van der Waals surface area contributed by atoms with Gasteiger partial charge in [-0.05, 0) is 73.5 Å². The first-order chi connectivity index (χ1) is 18.1. The van der Waals surface area contributed by atoms with E-state index >= 15 is 0 Å². The lowest BCUT2D eigenvalue weighted by Crippen LogP contribution is -2.41. The van der Waals surface area contributed by atoms with Gasteiger partial charge in [0.1, 0.15) is 6.61 Å². The van der Waals surface area contributed by atoms with Crippen LogP contribution in [0.4, 0.5) is 4.79 Å². The molecular formula is C30H33BN2O5. The van der Waals surface area contributed by atoms with Crippen molar-refractivity contribution in [3.05, 3.63) is 98.9 Å². The minimum atomic E-state index is -0.666. The molecule has 1 fully saturated rings. The van der Waals surface area contributed by atoms with Crippen molar-refractivity contribution in [3.8, 4) is 11.1 Å². The average Bonchev–Trinajstić information content (AvgIpc) is 3.30. The molecule has 196 valence electrons. The van der Waals surface area contributed by atoms with Gasteiger partial charge < -0.3 is 24.3 Å². The molecule has 3 aromatic rings. The Balaban J connectivity index is 1.31. The van der Waals surface area contributed by atoms with E-state index in [2.05, 4.69) is 34.6 Å². The quantitative estimate of drug-likeness (QED) is 0.441. The monoisotopic (exact) mass is 512 g/mol. The van der Waals surface area contributed by atoms with Gasteiger partial charge in [0.15, 0.2) is 0 Å². The maximum atomic E-state index is 12.9. The number of carbonyl (C=O) groups excluding carboxylic acids is 1. The van der Waals surface area contributed by atoms with Crippen LogP contribution in [0.5, 0.6) is 0 Å². The number of rotatable bonds is 6. The van der Waals surface area contributed by atoms with Gasteiger partial charge in [-0.1, -0.05) is 54.6 Å². The standard InChI is InChI=1S/C30H33BN2O5/c1-19-14-27(34)32-16-20(19)15-21(31-37-29(2,3)30(4,5)38-31)17-33-28(35)36-18-26-24-12-8-6-10-22(24)23-11-7-9-13-25(23)26/h6-16,26H,17-18H2,1-5H3,(H,32,34)(H,33,35). The van der Waals surface area contributed by atoms with E-state index in [1.807, 2.05) is 65.0 Å². The first kappa shape index (κ1) is 26.0. The third-order valence-electron chi connectivity index (χ3n) is 7.85. The van der Waals surface area contributed by atoms with Crippen LogP contribution in [0, 0.1) is 6.92 Å². The van der Waals surface area contributed by atoms with Crippen LogP contribution in [0.25, 0.3) is 17.2 Å². The van der Waals surface area contributed by atoms with Gasteiger partial charge in [0.2, 0.25) is 5.56 Å². The predicted molar refractivity (Wildman–Crippen MR) is 149 cm³/mol. The summed E-state index contributed by atoms with van der Waals surface area (Å²) >= 11 is 0. The average molecular weight is 512 g/mol. The highest BCUT2D eigenvalue weighted by Crippen LogP contribution is 2.44. The Morgan fingerprint density at radius 3 is 2.18 bits per heavy atom. The third-order valence-corrected chi connectivity index (χ3v) is 7.85. The number of aromatic amines is 1. The Labute approximate surface area is 223 Å². The molecule has 2 N–H and O–H groups in total. The summed E-state index contributed by atoms with van der Waals surface area (Å²) in [6.07, 6.45) is 3.01. The van der Waals surface area contributed by atoms with E-state index in [9.17, 15) is 9.59 Å². The molecule has 0 spiro atoms. The highest BCUT2D eigenvalue weighted by molar-refractivity contribution is 6.56. The topological polar surface area (TPSA) is 89.7 Å². The van der Waals surface area contributed by atoms with Crippen LogP contribution < -0.4 is 10.9 Å². The molecule has 0 saturated carbocycles. The van der Waals surface area contributed by atoms with Gasteiger partial charge in [0.05, 0.1) is 11.2 Å². The number of H-pyrrole nitrogens is 1. The molecule has 1 aromatic heterocycles. The number of alkyl carbamates (subject to hydrolysis) is 1. The smallest absolute Gasteiger partial charge is 0.449 e. The molecular weight excluding hydrogens is 479 g/mol.